The van der Waals surface area contributed by atoms with Gasteiger partial charge in [-0.15, -0.1) is 11.3 Å². The molecule has 0 radical (unpaired) electrons. The third-order valence-corrected chi connectivity index (χ3v) is 6.56. The number of hydrogen-bond donors (Lipinski definition) is 0. The Labute approximate surface area is 188 Å². The first-order valence-electron chi connectivity index (χ1n) is 10.1. The smallest absolute Gasteiger partial charge is 0.232 e. The highest BCUT2D eigenvalue weighted by molar-refractivity contribution is 7.09. The van der Waals surface area contributed by atoms with Crippen molar-refractivity contribution in [3.8, 4) is 22.6 Å². The Kier molecular flexibility index (Phi) is 5.29. The maximum atomic E-state index is 12.5. The summed E-state index contributed by atoms with van der Waals surface area (Å²) in [7, 11) is 0. The van der Waals surface area contributed by atoms with Crippen LogP contribution < -0.4 is 4.90 Å². The number of anilines is 1. The van der Waals surface area contributed by atoms with E-state index in [9.17, 15) is 4.79 Å². The number of rotatable bonds is 5. The molecule has 8 heteroatoms. The minimum absolute atomic E-state index is 0.0195. The maximum absolute atomic E-state index is 12.5. The summed E-state index contributed by atoms with van der Waals surface area (Å²) in [4.78, 5) is 23.4. The molecule has 0 spiro atoms. The normalized spacial score (nSPS) is 16.3. The first-order chi connectivity index (χ1) is 15.1. The average molecular weight is 451 g/mol. The van der Waals surface area contributed by atoms with Crippen molar-refractivity contribution < 1.29 is 9.32 Å². The monoisotopic (exact) mass is 450 g/mol. The zero-order valence-corrected chi connectivity index (χ0v) is 18.4. The maximum Gasteiger partial charge on any atom is 0.232 e. The van der Waals surface area contributed by atoms with Crippen molar-refractivity contribution in [3.05, 3.63) is 69.8 Å². The quantitative estimate of drug-likeness (QED) is 0.396. The van der Waals surface area contributed by atoms with Gasteiger partial charge in [-0.1, -0.05) is 54.0 Å². The van der Waals surface area contributed by atoms with Gasteiger partial charge in [0.05, 0.1) is 16.6 Å². The van der Waals surface area contributed by atoms with Gasteiger partial charge in [0.2, 0.25) is 17.6 Å². The zero-order valence-electron chi connectivity index (χ0n) is 16.8. The van der Waals surface area contributed by atoms with Crippen LogP contribution in [-0.2, 0) is 11.2 Å². The lowest BCUT2D eigenvalue weighted by molar-refractivity contribution is -0.117. The summed E-state index contributed by atoms with van der Waals surface area (Å²) in [5.41, 5.74) is 3.68. The second kappa shape index (κ2) is 8.24. The predicted molar refractivity (Wildman–Crippen MR) is 121 cm³/mol. The molecule has 1 amide bonds. The first kappa shape index (κ1) is 19.9. The lowest BCUT2D eigenvalue weighted by Crippen LogP contribution is -2.24. The predicted octanol–water partition coefficient (Wildman–Crippen LogP) is 5.60. The molecule has 0 aliphatic carbocycles. The third kappa shape index (κ3) is 3.98. The molecule has 1 atom stereocenters. The summed E-state index contributed by atoms with van der Waals surface area (Å²) in [6.07, 6.45) is 1.27. The lowest BCUT2D eigenvalue weighted by atomic mass is 10.1. The minimum Gasteiger partial charge on any atom is -0.339 e. The van der Waals surface area contributed by atoms with Gasteiger partial charge in [0, 0.05) is 40.2 Å². The second-order valence-corrected chi connectivity index (χ2v) is 8.78. The summed E-state index contributed by atoms with van der Waals surface area (Å²) in [6.45, 7) is 2.59. The number of carbonyl (C=O) groups is 1. The van der Waals surface area contributed by atoms with Gasteiger partial charge in [0.25, 0.3) is 0 Å². The van der Waals surface area contributed by atoms with Crippen LogP contribution in [0.1, 0.15) is 30.2 Å². The SMILES string of the molecule is CCc1nc(-c2ccc(-c3noc(C4CC(=O)N(c5cccc(Cl)c5)C4)n3)cc2)cs1. The van der Waals surface area contributed by atoms with Gasteiger partial charge in [-0.2, -0.15) is 4.98 Å². The van der Waals surface area contributed by atoms with Gasteiger partial charge in [-0.3, -0.25) is 4.79 Å². The van der Waals surface area contributed by atoms with Gasteiger partial charge in [-0.05, 0) is 24.6 Å². The molecular formula is C23H19ClN4O2S. The number of aromatic nitrogens is 3. The summed E-state index contributed by atoms with van der Waals surface area (Å²) in [5, 5.41) is 7.93. The topological polar surface area (TPSA) is 72.1 Å². The van der Waals surface area contributed by atoms with Crippen molar-refractivity contribution in [2.45, 2.75) is 25.7 Å². The highest BCUT2D eigenvalue weighted by Crippen LogP contribution is 2.33. The van der Waals surface area contributed by atoms with E-state index in [2.05, 4.69) is 27.4 Å². The molecule has 1 unspecified atom stereocenters. The molecule has 0 N–H and O–H groups in total. The molecule has 4 aromatic rings. The first-order valence-corrected chi connectivity index (χ1v) is 11.3. The van der Waals surface area contributed by atoms with E-state index in [1.807, 2.05) is 36.4 Å². The molecule has 1 saturated heterocycles. The fourth-order valence-corrected chi connectivity index (χ4v) is 4.62. The van der Waals surface area contributed by atoms with Crippen molar-refractivity contribution in [1.29, 1.82) is 0 Å². The van der Waals surface area contributed by atoms with Crippen LogP contribution in [-0.4, -0.2) is 27.6 Å². The summed E-state index contributed by atoms with van der Waals surface area (Å²) >= 11 is 7.74. The number of thiazole rings is 1. The molecule has 3 heterocycles. The average Bonchev–Trinajstić information content (AvgIpc) is 3.53. The lowest BCUT2D eigenvalue weighted by Gasteiger charge is -2.16. The van der Waals surface area contributed by atoms with Gasteiger partial charge < -0.3 is 9.42 Å². The minimum atomic E-state index is -0.144. The highest BCUT2D eigenvalue weighted by atomic mass is 35.5. The van der Waals surface area contributed by atoms with Crippen LogP contribution in [0, 0.1) is 0 Å². The van der Waals surface area contributed by atoms with E-state index in [0.717, 1.165) is 33.9 Å². The zero-order chi connectivity index (χ0) is 21.4. The van der Waals surface area contributed by atoms with Gasteiger partial charge in [0.15, 0.2) is 0 Å². The van der Waals surface area contributed by atoms with Crippen LogP contribution in [0.15, 0.2) is 58.4 Å². The Balaban J connectivity index is 1.32. The van der Waals surface area contributed by atoms with Gasteiger partial charge in [-0.25, -0.2) is 4.98 Å². The number of amides is 1. The van der Waals surface area contributed by atoms with E-state index >= 15 is 0 Å². The molecular weight excluding hydrogens is 432 g/mol. The second-order valence-electron chi connectivity index (χ2n) is 7.40. The molecule has 0 saturated carbocycles. The third-order valence-electron chi connectivity index (χ3n) is 5.33. The molecule has 6 nitrogen and oxygen atoms in total. The number of halogens is 1. The fraction of sp³-hybridized carbons (Fsp3) is 0.217. The molecule has 1 fully saturated rings. The molecule has 1 aliphatic rings. The highest BCUT2D eigenvalue weighted by Gasteiger charge is 2.35. The summed E-state index contributed by atoms with van der Waals surface area (Å²) in [6, 6.07) is 15.2. The number of hydrogen-bond acceptors (Lipinski definition) is 6. The molecule has 156 valence electrons. The fourth-order valence-electron chi connectivity index (χ4n) is 3.68. The number of carbonyl (C=O) groups excluding carboxylic acids is 1. The largest absolute Gasteiger partial charge is 0.339 e. The molecule has 2 aromatic heterocycles. The van der Waals surface area contributed by atoms with Crippen LogP contribution in [0.4, 0.5) is 5.69 Å². The van der Waals surface area contributed by atoms with Crippen LogP contribution in [0.2, 0.25) is 5.02 Å². The van der Waals surface area contributed by atoms with E-state index in [-0.39, 0.29) is 11.8 Å². The van der Waals surface area contributed by atoms with Crippen molar-refractivity contribution in [2.24, 2.45) is 0 Å². The van der Waals surface area contributed by atoms with E-state index < -0.39 is 0 Å². The van der Waals surface area contributed by atoms with Gasteiger partial charge in [0.1, 0.15) is 0 Å². The Morgan fingerprint density at radius 1 is 1.16 bits per heavy atom. The summed E-state index contributed by atoms with van der Waals surface area (Å²) < 4.78 is 5.52. The number of aryl methyl sites for hydroxylation is 1. The van der Waals surface area contributed by atoms with Crippen molar-refractivity contribution >= 4 is 34.5 Å². The van der Waals surface area contributed by atoms with Crippen LogP contribution in [0.3, 0.4) is 0 Å². The number of benzene rings is 2. The number of nitrogens with zero attached hydrogens (tertiary/aromatic N) is 4. The standard InChI is InChI=1S/C23H19ClN4O2S/c1-2-20-25-19(13-31-20)14-6-8-15(9-7-14)22-26-23(30-27-22)16-10-21(29)28(12-16)18-5-3-4-17(24)11-18/h3-9,11,13,16H,2,10,12H2,1H3. The van der Waals surface area contributed by atoms with Crippen LogP contribution >= 0.6 is 22.9 Å². The van der Waals surface area contributed by atoms with E-state index in [0.29, 0.717) is 29.7 Å². The van der Waals surface area contributed by atoms with Crippen molar-refractivity contribution in [1.82, 2.24) is 15.1 Å². The Bertz CT molecular complexity index is 1230. The van der Waals surface area contributed by atoms with E-state index in [1.165, 1.54) is 0 Å². The molecule has 1 aliphatic heterocycles. The molecule has 31 heavy (non-hydrogen) atoms. The Morgan fingerprint density at radius 2 is 1.97 bits per heavy atom. The van der Waals surface area contributed by atoms with Crippen LogP contribution in [0.25, 0.3) is 22.6 Å². The van der Waals surface area contributed by atoms with Crippen molar-refractivity contribution in [2.75, 3.05) is 11.4 Å². The van der Waals surface area contributed by atoms with Crippen LogP contribution in [0.5, 0.6) is 0 Å². The summed E-state index contributed by atoms with van der Waals surface area (Å²) in [5.74, 6) is 0.868. The molecule has 5 rings (SSSR count). The molecule has 2 aromatic carbocycles. The van der Waals surface area contributed by atoms with E-state index in [1.54, 1.807) is 28.4 Å². The Morgan fingerprint density at radius 3 is 2.71 bits per heavy atom. The molecule has 0 bridgehead atoms. The van der Waals surface area contributed by atoms with E-state index in [4.69, 9.17) is 16.1 Å². The Hall–Kier alpha value is -3.03. The van der Waals surface area contributed by atoms with Crippen molar-refractivity contribution in [3.63, 3.8) is 0 Å². The van der Waals surface area contributed by atoms with Gasteiger partial charge >= 0.3 is 0 Å².